The molecule has 0 radical (unpaired) electrons. The van der Waals surface area contributed by atoms with E-state index in [-0.39, 0.29) is 36.8 Å². The molecule has 1 atom stereocenters. The van der Waals surface area contributed by atoms with Crippen LogP contribution in [0.2, 0.25) is 0 Å². The molecule has 2 aromatic carbocycles. The van der Waals surface area contributed by atoms with Gasteiger partial charge in [-0.15, -0.1) is 0 Å². The first-order valence-corrected chi connectivity index (χ1v) is 10.0. The molecule has 1 aliphatic rings. The van der Waals surface area contributed by atoms with Crippen molar-refractivity contribution in [3.8, 4) is 5.75 Å². The number of carbonyl (C=O) groups excluding carboxylic acids is 2. The van der Waals surface area contributed by atoms with E-state index in [4.69, 9.17) is 4.74 Å². The van der Waals surface area contributed by atoms with Crippen LogP contribution in [0.1, 0.15) is 38.2 Å². The molecule has 0 bridgehead atoms. The van der Waals surface area contributed by atoms with Crippen LogP contribution in [0, 0.1) is 5.82 Å². The minimum Gasteiger partial charge on any atom is -0.484 e. The number of carbonyl (C=O) groups is 2. The van der Waals surface area contributed by atoms with Gasteiger partial charge >= 0.3 is 0 Å². The molecule has 0 aliphatic heterocycles. The first-order valence-electron chi connectivity index (χ1n) is 10.0. The normalized spacial score (nSPS) is 15.0. The Morgan fingerprint density at radius 2 is 1.76 bits per heavy atom. The van der Waals surface area contributed by atoms with Gasteiger partial charge in [-0.1, -0.05) is 43.2 Å². The van der Waals surface area contributed by atoms with Gasteiger partial charge in [-0.3, -0.25) is 9.59 Å². The molecule has 1 saturated carbocycles. The number of benzene rings is 2. The second-order valence-corrected chi connectivity index (χ2v) is 7.42. The van der Waals surface area contributed by atoms with E-state index in [1.54, 1.807) is 31.2 Å². The first-order chi connectivity index (χ1) is 14.0. The van der Waals surface area contributed by atoms with Crippen LogP contribution in [0.3, 0.4) is 0 Å². The van der Waals surface area contributed by atoms with Crippen LogP contribution in [0.15, 0.2) is 54.6 Å². The Morgan fingerprint density at radius 3 is 2.41 bits per heavy atom. The van der Waals surface area contributed by atoms with Crippen LogP contribution in [-0.2, 0) is 16.1 Å². The molecule has 0 aromatic heterocycles. The van der Waals surface area contributed by atoms with Gasteiger partial charge in [0.05, 0.1) is 0 Å². The van der Waals surface area contributed by atoms with Crippen LogP contribution in [0.25, 0.3) is 0 Å². The largest absolute Gasteiger partial charge is 0.484 e. The van der Waals surface area contributed by atoms with E-state index in [9.17, 15) is 14.0 Å². The Hall–Kier alpha value is -2.89. The Kier molecular flexibility index (Phi) is 7.22. The number of rotatable bonds is 8. The zero-order valence-corrected chi connectivity index (χ0v) is 16.6. The number of amides is 2. The van der Waals surface area contributed by atoms with E-state index in [0.29, 0.717) is 5.75 Å². The average Bonchev–Trinajstić information content (AvgIpc) is 3.25. The molecule has 2 aromatic rings. The number of para-hydroxylation sites is 1. The predicted molar refractivity (Wildman–Crippen MR) is 109 cm³/mol. The molecule has 0 saturated heterocycles. The quantitative estimate of drug-likeness (QED) is 0.738. The average molecular weight is 398 g/mol. The smallest absolute Gasteiger partial charge is 0.261 e. The summed E-state index contributed by atoms with van der Waals surface area (Å²) in [6.07, 6.45) is 4.17. The Balaban J connectivity index is 1.69. The van der Waals surface area contributed by atoms with E-state index >= 15 is 0 Å². The molecule has 1 N–H and O–H groups in total. The highest BCUT2D eigenvalue weighted by atomic mass is 19.1. The van der Waals surface area contributed by atoms with E-state index < -0.39 is 6.04 Å². The van der Waals surface area contributed by atoms with Crippen molar-refractivity contribution in [2.45, 2.75) is 51.2 Å². The summed E-state index contributed by atoms with van der Waals surface area (Å²) in [5.41, 5.74) is 0.750. The summed E-state index contributed by atoms with van der Waals surface area (Å²) in [5.74, 6) is -0.226. The minimum atomic E-state index is -0.660. The molecule has 3 rings (SSSR count). The number of hydrogen-bond acceptors (Lipinski definition) is 3. The molecule has 1 unspecified atom stereocenters. The van der Waals surface area contributed by atoms with Gasteiger partial charge in [0.25, 0.3) is 5.91 Å². The lowest BCUT2D eigenvalue weighted by molar-refractivity contribution is -0.142. The molecule has 5 nitrogen and oxygen atoms in total. The third kappa shape index (κ3) is 6.04. The van der Waals surface area contributed by atoms with Crippen LogP contribution in [-0.4, -0.2) is 35.4 Å². The molecule has 2 amide bonds. The Labute approximate surface area is 170 Å². The molecule has 29 heavy (non-hydrogen) atoms. The molecule has 6 heteroatoms. The standard InChI is InChI=1S/C23H27FN2O3/c1-17(23(28)25-20-7-5-6-8-20)26(15-18-11-13-19(24)14-12-18)22(27)16-29-21-9-3-2-4-10-21/h2-4,9-14,17,20H,5-8,15-16H2,1H3,(H,25,28). The van der Waals surface area contributed by atoms with Gasteiger partial charge in [0.1, 0.15) is 17.6 Å². The fourth-order valence-electron chi connectivity index (χ4n) is 3.51. The summed E-state index contributed by atoms with van der Waals surface area (Å²) in [7, 11) is 0. The summed E-state index contributed by atoms with van der Waals surface area (Å²) in [6.45, 7) is 1.75. The Morgan fingerprint density at radius 1 is 1.10 bits per heavy atom. The van der Waals surface area contributed by atoms with E-state index in [1.807, 2.05) is 18.2 Å². The van der Waals surface area contributed by atoms with Crippen molar-refractivity contribution in [3.05, 3.63) is 66.0 Å². The molecule has 154 valence electrons. The second kappa shape index (κ2) is 10.0. The van der Waals surface area contributed by atoms with Gasteiger partial charge in [-0.25, -0.2) is 4.39 Å². The van der Waals surface area contributed by atoms with Crippen molar-refractivity contribution >= 4 is 11.8 Å². The maximum absolute atomic E-state index is 13.2. The fourth-order valence-corrected chi connectivity index (χ4v) is 3.51. The molecular formula is C23H27FN2O3. The molecule has 1 fully saturated rings. The van der Waals surface area contributed by atoms with Crippen molar-refractivity contribution < 1.29 is 18.7 Å². The maximum Gasteiger partial charge on any atom is 0.261 e. The van der Waals surface area contributed by atoms with Crippen LogP contribution in [0.4, 0.5) is 4.39 Å². The number of nitrogens with zero attached hydrogens (tertiary/aromatic N) is 1. The topological polar surface area (TPSA) is 58.6 Å². The maximum atomic E-state index is 13.2. The fraction of sp³-hybridized carbons (Fsp3) is 0.391. The molecule has 0 heterocycles. The van der Waals surface area contributed by atoms with E-state index in [0.717, 1.165) is 31.2 Å². The minimum absolute atomic E-state index is 0.174. The molecule has 0 spiro atoms. The zero-order chi connectivity index (χ0) is 20.6. The van der Waals surface area contributed by atoms with Gasteiger partial charge in [0, 0.05) is 12.6 Å². The number of halogens is 1. The van der Waals surface area contributed by atoms with Gasteiger partial charge < -0.3 is 15.0 Å². The van der Waals surface area contributed by atoms with Crippen molar-refractivity contribution in [1.82, 2.24) is 10.2 Å². The summed E-state index contributed by atoms with van der Waals surface area (Å²) in [5, 5.41) is 3.05. The van der Waals surface area contributed by atoms with Gasteiger partial charge in [-0.05, 0) is 49.6 Å². The van der Waals surface area contributed by atoms with Crippen molar-refractivity contribution in [1.29, 1.82) is 0 Å². The zero-order valence-electron chi connectivity index (χ0n) is 16.6. The van der Waals surface area contributed by atoms with E-state index in [1.165, 1.54) is 17.0 Å². The third-order valence-electron chi connectivity index (χ3n) is 5.24. The third-order valence-corrected chi connectivity index (χ3v) is 5.24. The van der Waals surface area contributed by atoms with Crippen LogP contribution < -0.4 is 10.1 Å². The molecule has 1 aliphatic carbocycles. The highest BCUT2D eigenvalue weighted by Gasteiger charge is 2.28. The van der Waals surface area contributed by atoms with Crippen LogP contribution in [0.5, 0.6) is 5.75 Å². The van der Waals surface area contributed by atoms with Crippen molar-refractivity contribution in [3.63, 3.8) is 0 Å². The van der Waals surface area contributed by atoms with Crippen molar-refractivity contribution in [2.75, 3.05) is 6.61 Å². The summed E-state index contributed by atoms with van der Waals surface area (Å²) < 4.78 is 18.8. The number of nitrogens with one attached hydrogen (secondary N) is 1. The van der Waals surface area contributed by atoms with Crippen molar-refractivity contribution in [2.24, 2.45) is 0 Å². The van der Waals surface area contributed by atoms with Gasteiger partial charge in [-0.2, -0.15) is 0 Å². The Bertz CT molecular complexity index is 805. The molecular weight excluding hydrogens is 371 g/mol. The highest BCUT2D eigenvalue weighted by Crippen LogP contribution is 2.19. The van der Waals surface area contributed by atoms with Gasteiger partial charge in [0.2, 0.25) is 5.91 Å². The van der Waals surface area contributed by atoms with E-state index in [2.05, 4.69) is 5.32 Å². The summed E-state index contributed by atoms with van der Waals surface area (Å²) in [4.78, 5) is 27.2. The number of hydrogen-bond donors (Lipinski definition) is 1. The summed E-state index contributed by atoms with van der Waals surface area (Å²) in [6, 6.07) is 14.5. The lowest BCUT2D eigenvalue weighted by Gasteiger charge is -2.29. The van der Waals surface area contributed by atoms with Crippen LogP contribution >= 0.6 is 0 Å². The lowest BCUT2D eigenvalue weighted by Crippen LogP contribution is -2.50. The lowest BCUT2D eigenvalue weighted by atomic mass is 10.1. The monoisotopic (exact) mass is 398 g/mol. The first kappa shape index (κ1) is 20.8. The second-order valence-electron chi connectivity index (χ2n) is 7.42. The number of ether oxygens (including phenoxy) is 1. The van der Waals surface area contributed by atoms with Gasteiger partial charge in [0.15, 0.2) is 6.61 Å². The SMILES string of the molecule is CC(C(=O)NC1CCCC1)N(Cc1ccc(F)cc1)C(=O)COc1ccccc1. The summed E-state index contributed by atoms with van der Waals surface area (Å²) >= 11 is 0. The highest BCUT2D eigenvalue weighted by molar-refractivity contribution is 5.88. The predicted octanol–water partition coefficient (Wildman–Crippen LogP) is 3.68.